The molecule has 0 spiro atoms. The van der Waals surface area contributed by atoms with Crippen molar-refractivity contribution in [2.75, 3.05) is 38.5 Å². The van der Waals surface area contributed by atoms with Gasteiger partial charge in [-0.25, -0.2) is 9.67 Å². The molecule has 0 amide bonds. The molecule has 0 radical (unpaired) electrons. The number of alkyl halides is 3. The molecule has 1 saturated heterocycles. The second-order valence-electron chi connectivity index (χ2n) is 11.7. The number of rotatable bonds is 10. The predicted molar refractivity (Wildman–Crippen MR) is 153 cm³/mol. The summed E-state index contributed by atoms with van der Waals surface area (Å²) in [5, 5.41) is 9.34. The third kappa shape index (κ3) is 7.51. The molecule has 2 fully saturated rings. The van der Waals surface area contributed by atoms with Gasteiger partial charge in [0.2, 0.25) is 5.95 Å². The molecule has 1 unspecified atom stereocenters. The Morgan fingerprint density at radius 2 is 1.73 bits per heavy atom. The molecule has 5 rings (SSSR count). The molecule has 1 N–H and O–H groups in total. The van der Waals surface area contributed by atoms with Crippen molar-refractivity contribution < 1.29 is 13.2 Å². The standard InChI is InChI=1S/C30H42F3N7/c1-22(8-6-7-15-30(31,32)33)35-29-34-20-26-27(37-40(28(26)36-29)25-9-4-3-5-10-25)24-13-11-23(12-14-24)21-39-18-16-38(2)17-19-39/h11-14,20,22,25H,3-10,15-19,21H2,1-2H3,(H,34,35,36). The SMILES string of the molecule is CC(CCCCC(F)(F)F)Nc1ncc2c(-c3ccc(CN4CCN(C)CC4)cc3)nn(C3CCCCC3)c2n1. The molecule has 3 aromatic rings. The van der Waals surface area contributed by atoms with E-state index in [1.54, 1.807) is 0 Å². The number of fused-ring (bicyclic) bond motifs is 1. The first kappa shape index (κ1) is 28.8. The minimum atomic E-state index is -4.09. The number of piperazine rings is 1. The summed E-state index contributed by atoms with van der Waals surface area (Å²) in [6.45, 7) is 7.32. The fourth-order valence-electron chi connectivity index (χ4n) is 5.89. The van der Waals surface area contributed by atoms with Crippen LogP contribution in [0.5, 0.6) is 0 Å². The number of hydrogen-bond acceptors (Lipinski definition) is 6. The number of likely N-dealkylation sites (N-methyl/N-ethyl adjacent to an activating group) is 1. The largest absolute Gasteiger partial charge is 0.389 e. The van der Waals surface area contributed by atoms with Gasteiger partial charge in [0.05, 0.1) is 11.4 Å². The van der Waals surface area contributed by atoms with Crippen LogP contribution in [-0.4, -0.2) is 75.0 Å². The Balaban J connectivity index is 1.33. The molecule has 1 aliphatic carbocycles. The number of hydrogen-bond donors (Lipinski definition) is 1. The maximum Gasteiger partial charge on any atom is 0.389 e. The maximum atomic E-state index is 12.5. The Morgan fingerprint density at radius 3 is 2.42 bits per heavy atom. The minimum Gasteiger partial charge on any atom is -0.352 e. The molecule has 1 aliphatic heterocycles. The molecule has 1 saturated carbocycles. The molecular weight excluding hydrogens is 515 g/mol. The topological polar surface area (TPSA) is 62.1 Å². The summed E-state index contributed by atoms with van der Waals surface area (Å²) in [6.07, 6.45) is 4.10. The summed E-state index contributed by atoms with van der Waals surface area (Å²) in [5.41, 5.74) is 4.09. The van der Waals surface area contributed by atoms with Crippen LogP contribution in [0.15, 0.2) is 30.5 Å². The highest BCUT2D eigenvalue weighted by Crippen LogP contribution is 2.34. The number of anilines is 1. The first-order valence-electron chi connectivity index (χ1n) is 14.8. The molecule has 7 nitrogen and oxygen atoms in total. The van der Waals surface area contributed by atoms with Crippen molar-refractivity contribution in [2.45, 2.75) is 89.5 Å². The lowest BCUT2D eigenvalue weighted by Gasteiger charge is -2.32. The first-order chi connectivity index (χ1) is 19.2. The maximum absolute atomic E-state index is 12.5. The zero-order chi connectivity index (χ0) is 28.1. The number of benzene rings is 1. The van der Waals surface area contributed by atoms with Gasteiger partial charge in [0.15, 0.2) is 5.65 Å². The van der Waals surface area contributed by atoms with Crippen molar-refractivity contribution in [1.29, 1.82) is 0 Å². The van der Waals surface area contributed by atoms with E-state index in [1.165, 1.54) is 24.8 Å². The summed E-state index contributed by atoms with van der Waals surface area (Å²) in [7, 11) is 2.18. The van der Waals surface area contributed by atoms with Crippen LogP contribution in [0.4, 0.5) is 19.1 Å². The molecule has 10 heteroatoms. The Morgan fingerprint density at radius 1 is 1.00 bits per heavy atom. The number of aromatic nitrogens is 4. The smallest absolute Gasteiger partial charge is 0.352 e. The lowest BCUT2D eigenvalue weighted by molar-refractivity contribution is -0.135. The van der Waals surface area contributed by atoms with E-state index in [0.717, 1.165) is 67.9 Å². The second-order valence-corrected chi connectivity index (χ2v) is 11.7. The average molecular weight is 558 g/mol. The number of nitrogens with zero attached hydrogens (tertiary/aromatic N) is 6. The predicted octanol–water partition coefficient (Wildman–Crippen LogP) is 6.67. The van der Waals surface area contributed by atoms with Crippen molar-refractivity contribution in [2.24, 2.45) is 0 Å². The van der Waals surface area contributed by atoms with Crippen LogP contribution in [0.1, 0.15) is 76.3 Å². The van der Waals surface area contributed by atoms with Gasteiger partial charge in [0.25, 0.3) is 0 Å². The number of unbranched alkanes of at least 4 members (excludes halogenated alkanes) is 1. The Bertz CT molecular complexity index is 1230. The third-order valence-corrected chi connectivity index (χ3v) is 8.32. The molecule has 40 heavy (non-hydrogen) atoms. The van der Waals surface area contributed by atoms with Crippen LogP contribution < -0.4 is 5.32 Å². The monoisotopic (exact) mass is 557 g/mol. The summed E-state index contributed by atoms with van der Waals surface area (Å²) in [4.78, 5) is 14.4. The molecule has 3 heterocycles. The van der Waals surface area contributed by atoms with Gasteiger partial charge in [-0.15, -0.1) is 0 Å². The van der Waals surface area contributed by atoms with E-state index in [1.807, 2.05) is 13.1 Å². The summed E-state index contributed by atoms with van der Waals surface area (Å²) < 4.78 is 39.5. The molecular formula is C30H42F3N7. The lowest BCUT2D eigenvalue weighted by atomic mass is 9.96. The van der Waals surface area contributed by atoms with Gasteiger partial charge in [-0.1, -0.05) is 49.9 Å². The van der Waals surface area contributed by atoms with E-state index in [2.05, 4.69) is 56.1 Å². The highest BCUT2D eigenvalue weighted by molar-refractivity contribution is 5.91. The van der Waals surface area contributed by atoms with Crippen LogP contribution in [-0.2, 0) is 6.54 Å². The van der Waals surface area contributed by atoms with E-state index in [4.69, 9.17) is 10.1 Å². The number of halogens is 3. The van der Waals surface area contributed by atoms with E-state index >= 15 is 0 Å². The normalized spacial score (nSPS) is 18.8. The highest BCUT2D eigenvalue weighted by Gasteiger charge is 2.26. The van der Waals surface area contributed by atoms with E-state index in [-0.39, 0.29) is 12.5 Å². The quantitative estimate of drug-likeness (QED) is 0.281. The molecule has 218 valence electrons. The van der Waals surface area contributed by atoms with Gasteiger partial charge in [-0.05, 0) is 45.2 Å². The summed E-state index contributed by atoms with van der Waals surface area (Å²) >= 11 is 0. The molecule has 0 bridgehead atoms. The Hall–Kier alpha value is -2.72. The summed E-state index contributed by atoms with van der Waals surface area (Å²) in [6, 6.07) is 9.02. The van der Waals surface area contributed by atoms with Crippen molar-refractivity contribution in [1.82, 2.24) is 29.5 Å². The van der Waals surface area contributed by atoms with Gasteiger partial charge < -0.3 is 10.2 Å². The van der Waals surface area contributed by atoms with E-state index in [9.17, 15) is 13.2 Å². The lowest BCUT2D eigenvalue weighted by Crippen LogP contribution is -2.43. The van der Waals surface area contributed by atoms with Crippen molar-refractivity contribution in [3.63, 3.8) is 0 Å². The van der Waals surface area contributed by atoms with Crippen LogP contribution in [0.3, 0.4) is 0 Å². The van der Waals surface area contributed by atoms with Crippen molar-refractivity contribution >= 4 is 17.0 Å². The average Bonchev–Trinajstić information content (AvgIpc) is 3.32. The second kappa shape index (κ2) is 12.9. The van der Waals surface area contributed by atoms with Crippen LogP contribution in [0.2, 0.25) is 0 Å². The van der Waals surface area contributed by atoms with Gasteiger partial charge in [-0.2, -0.15) is 23.3 Å². The van der Waals surface area contributed by atoms with Crippen molar-refractivity contribution in [3.8, 4) is 11.3 Å². The van der Waals surface area contributed by atoms with Crippen LogP contribution in [0.25, 0.3) is 22.3 Å². The summed E-state index contributed by atoms with van der Waals surface area (Å²) in [5.74, 6) is 0.502. The zero-order valence-electron chi connectivity index (χ0n) is 23.8. The van der Waals surface area contributed by atoms with Gasteiger partial charge in [0.1, 0.15) is 5.69 Å². The molecule has 1 atom stereocenters. The zero-order valence-corrected chi connectivity index (χ0v) is 23.8. The highest BCUT2D eigenvalue weighted by atomic mass is 19.4. The fraction of sp³-hybridized carbons (Fsp3) is 0.633. The van der Waals surface area contributed by atoms with Crippen LogP contribution in [0, 0.1) is 0 Å². The van der Waals surface area contributed by atoms with Gasteiger partial charge in [-0.3, -0.25) is 4.90 Å². The Kier molecular flexibility index (Phi) is 9.25. The van der Waals surface area contributed by atoms with Gasteiger partial charge >= 0.3 is 6.18 Å². The minimum absolute atomic E-state index is 0.0240. The van der Waals surface area contributed by atoms with Crippen LogP contribution >= 0.6 is 0 Å². The molecule has 2 aromatic heterocycles. The fourth-order valence-corrected chi connectivity index (χ4v) is 5.89. The van der Waals surface area contributed by atoms with Gasteiger partial charge in [0, 0.05) is 56.9 Å². The third-order valence-electron chi connectivity index (χ3n) is 8.32. The first-order valence-corrected chi connectivity index (χ1v) is 14.8. The molecule has 1 aromatic carbocycles. The number of nitrogens with one attached hydrogen (secondary N) is 1. The van der Waals surface area contributed by atoms with E-state index < -0.39 is 12.6 Å². The van der Waals surface area contributed by atoms with Crippen molar-refractivity contribution in [3.05, 3.63) is 36.0 Å². The molecule has 2 aliphatic rings. The van der Waals surface area contributed by atoms with E-state index in [0.29, 0.717) is 24.8 Å². The Labute approximate surface area is 235 Å².